The van der Waals surface area contributed by atoms with Crippen LogP contribution in [-0.4, -0.2) is 9.97 Å². The van der Waals surface area contributed by atoms with Gasteiger partial charge in [0.25, 0.3) is 0 Å². The second-order valence-corrected chi connectivity index (χ2v) is 1.60. The Hall–Kier alpha value is -1.12. The molecule has 0 fully saturated rings. The molecule has 0 unspecified atom stereocenters. The molecule has 1 aromatic heterocycles. The van der Waals surface area contributed by atoms with Crippen LogP contribution in [0, 0.1) is 0 Å². The van der Waals surface area contributed by atoms with Gasteiger partial charge in [0.05, 0.1) is 18.2 Å². The standard InChI is InChI=1S/C6H7FN2/c1-2-5(7)6-3-8-4-9-6/h2-4H,1H3,(H,8,9)/b5-2+. The maximum Gasteiger partial charge on any atom is 0.143 e. The van der Waals surface area contributed by atoms with Gasteiger partial charge in [-0.05, 0) is 13.0 Å². The van der Waals surface area contributed by atoms with Crippen molar-refractivity contribution in [3.63, 3.8) is 0 Å². The zero-order chi connectivity index (χ0) is 6.69. The van der Waals surface area contributed by atoms with Gasteiger partial charge in [-0.1, -0.05) is 0 Å². The monoisotopic (exact) mass is 126 g/mol. The van der Waals surface area contributed by atoms with Crippen LogP contribution in [0.3, 0.4) is 0 Å². The third kappa shape index (κ3) is 1.16. The Balaban J connectivity index is 2.90. The zero-order valence-corrected chi connectivity index (χ0v) is 5.06. The molecular weight excluding hydrogens is 119 g/mol. The molecule has 0 aliphatic heterocycles. The van der Waals surface area contributed by atoms with Gasteiger partial charge in [-0.3, -0.25) is 0 Å². The van der Waals surface area contributed by atoms with Crippen molar-refractivity contribution in [1.82, 2.24) is 9.97 Å². The number of nitrogens with zero attached hydrogens (tertiary/aromatic N) is 1. The topological polar surface area (TPSA) is 28.7 Å². The zero-order valence-electron chi connectivity index (χ0n) is 5.06. The summed E-state index contributed by atoms with van der Waals surface area (Å²) in [7, 11) is 0. The van der Waals surface area contributed by atoms with E-state index in [1.165, 1.54) is 18.6 Å². The van der Waals surface area contributed by atoms with Crippen LogP contribution in [0.4, 0.5) is 4.39 Å². The molecule has 0 bridgehead atoms. The van der Waals surface area contributed by atoms with Crippen molar-refractivity contribution < 1.29 is 4.39 Å². The van der Waals surface area contributed by atoms with E-state index in [0.717, 1.165) is 0 Å². The average Bonchev–Trinajstić information content (AvgIpc) is 2.37. The van der Waals surface area contributed by atoms with Crippen molar-refractivity contribution in [2.24, 2.45) is 0 Å². The van der Waals surface area contributed by atoms with E-state index in [4.69, 9.17) is 0 Å². The number of allylic oxidation sites excluding steroid dienone is 1. The summed E-state index contributed by atoms with van der Waals surface area (Å²) >= 11 is 0. The highest BCUT2D eigenvalue weighted by molar-refractivity contribution is 5.53. The minimum atomic E-state index is -0.271. The van der Waals surface area contributed by atoms with Crippen LogP contribution in [-0.2, 0) is 0 Å². The van der Waals surface area contributed by atoms with Crippen molar-refractivity contribution in [3.05, 3.63) is 24.3 Å². The van der Waals surface area contributed by atoms with Crippen LogP contribution in [0.5, 0.6) is 0 Å². The molecule has 0 radical (unpaired) electrons. The average molecular weight is 126 g/mol. The van der Waals surface area contributed by atoms with E-state index >= 15 is 0 Å². The van der Waals surface area contributed by atoms with Gasteiger partial charge in [0.1, 0.15) is 5.83 Å². The van der Waals surface area contributed by atoms with Gasteiger partial charge in [-0.15, -0.1) is 0 Å². The minimum Gasteiger partial charge on any atom is -0.343 e. The number of rotatable bonds is 1. The molecule has 1 aromatic rings. The summed E-state index contributed by atoms with van der Waals surface area (Å²) in [5, 5.41) is 0. The highest BCUT2D eigenvalue weighted by Gasteiger charge is 1.96. The number of nitrogens with one attached hydrogen (secondary N) is 1. The largest absolute Gasteiger partial charge is 0.343 e. The van der Waals surface area contributed by atoms with Crippen LogP contribution >= 0.6 is 0 Å². The third-order valence-electron chi connectivity index (χ3n) is 1.01. The summed E-state index contributed by atoms with van der Waals surface area (Å²) in [6, 6.07) is 0. The van der Waals surface area contributed by atoms with Crippen LogP contribution in [0.25, 0.3) is 5.83 Å². The van der Waals surface area contributed by atoms with Gasteiger partial charge in [-0.2, -0.15) is 0 Å². The van der Waals surface area contributed by atoms with Crippen LogP contribution in [0.15, 0.2) is 18.6 Å². The number of hydrogen-bond donors (Lipinski definition) is 1. The normalized spacial score (nSPS) is 12.0. The van der Waals surface area contributed by atoms with Gasteiger partial charge < -0.3 is 4.98 Å². The molecule has 48 valence electrons. The predicted molar refractivity (Wildman–Crippen MR) is 33.3 cm³/mol. The lowest BCUT2D eigenvalue weighted by atomic mass is 10.4. The number of aromatic amines is 1. The summed E-state index contributed by atoms with van der Waals surface area (Å²) in [6.07, 6.45) is 4.27. The number of H-pyrrole nitrogens is 1. The smallest absolute Gasteiger partial charge is 0.143 e. The molecule has 9 heavy (non-hydrogen) atoms. The van der Waals surface area contributed by atoms with Gasteiger partial charge in [0, 0.05) is 0 Å². The molecule has 1 heterocycles. The van der Waals surface area contributed by atoms with Gasteiger partial charge in [0.15, 0.2) is 0 Å². The molecule has 0 aromatic carbocycles. The number of imidazole rings is 1. The molecule has 0 aliphatic carbocycles. The lowest BCUT2D eigenvalue weighted by molar-refractivity contribution is 0.752. The van der Waals surface area contributed by atoms with E-state index in [1.807, 2.05) is 0 Å². The van der Waals surface area contributed by atoms with Crippen LogP contribution in [0.1, 0.15) is 12.6 Å². The lowest BCUT2D eigenvalue weighted by Crippen LogP contribution is -1.73. The summed E-state index contributed by atoms with van der Waals surface area (Å²) in [5.74, 6) is -0.271. The quantitative estimate of drug-likeness (QED) is 0.610. The molecule has 0 saturated heterocycles. The Labute approximate surface area is 52.4 Å². The molecule has 1 rings (SSSR count). The first-order chi connectivity index (χ1) is 4.34. The fraction of sp³-hybridized carbons (Fsp3) is 0.167. The summed E-state index contributed by atoms with van der Waals surface area (Å²) < 4.78 is 12.5. The van der Waals surface area contributed by atoms with Gasteiger partial charge in [-0.25, -0.2) is 9.37 Å². The Morgan fingerprint density at radius 1 is 1.89 bits per heavy atom. The maximum atomic E-state index is 12.5. The van der Waals surface area contributed by atoms with E-state index in [9.17, 15) is 4.39 Å². The van der Waals surface area contributed by atoms with Gasteiger partial charge in [0.2, 0.25) is 0 Å². The van der Waals surface area contributed by atoms with E-state index in [-0.39, 0.29) is 5.83 Å². The van der Waals surface area contributed by atoms with E-state index < -0.39 is 0 Å². The second-order valence-electron chi connectivity index (χ2n) is 1.60. The molecule has 0 aliphatic rings. The fourth-order valence-electron chi connectivity index (χ4n) is 0.542. The molecule has 0 saturated carbocycles. The van der Waals surface area contributed by atoms with Crippen molar-refractivity contribution in [1.29, 1.82) is 0 Å². The predicted octanol–water partition coefficient (Wildman–Crippen LogP) is 1.74. The highest BCUT2D eigenvalue weighted by atomic mass is 19.1. The molecule has 0 spiro atoms. The van der Waals surface area contributed by atoms with Crippen LogP contribution in [0.2, 0.25) is 0 Å². The molecule has 2 nitrogen and oxygen atoms in total. The van der Waals surface area contributed by atoms with Crippen molar-refractivity contribution in [2.75, 3.05) is 0 Å². The van der Waals surface area contributed by atoms with Crippen LogP contribution < -0.4 is 0 Å². The number of halogens is 1. The summed E-state index contributed by atoms with van der Waals surface area (Å²) in [6.45, 7) is 1.64. The van der Waals surface area contributed by atoms with Crippen molar-refractivity contribution in [3.8, 4) is 0 Å². The Bertz CT molecular complexity index is 201. The fourth-order valence-corrected chi connectivity index (χ4v) is 0.542. The van der Waals surface area contributed by atoms with Crippen molar-refractivity contribution >= 4 is 5.83 Å². The maximum absolute atomic E-state index is 12.5. The second kappa shape index (κ2) is 2.44. The molecule has 1 N–H and O–H groups in total. The molecule has 0 atom stereocenters. The molecule has 3 heteroatoms. The number of hydrogen-bond acceptors (Lipinski definition) is 1. The number of aromatic nitrogens is 2. The Morgan fingerprint density at radius 3 is 3.11 bits per heavy atom. The van der Waals surface area contributed by atoms with E-state index in [1.54, 1.807) is 6.92 Å². The third-order valence-corrected chi connectivity index (χ3v) is 1.01. The minimum absolute atomic E-state index is 0.271. The first-order valence-electron chi connectivity index (χ1n) is 2.65. The van der Waals surface area contributed by atoms with Crippen molar-refractivity contribution in [2.45, 2.75) is 6.92 Å². The highest BCUT2D eigenvalue weighted by Crippen LogP contribution is 2.09. The summed E-state index contributed by atoms with van der Waals surface area (Å²) in [5.41, 5.74) is 0.428. The molecular formula is C6H7FN2. The first kappa shape index (κ1) is 6.01. The molecule has 0 amide bonds. The van der Waals surface area contributed by atoms with Gasteiger partial charge >= 0.3 is 0 Å². The van der Waals surface area contributed by atoms with E-state index in [2.05, 4.69) is 9.97 Å². The van der Waals surface area contributed by atoms with E-state index in [0.29, 0.717) is 5.69 Å². The lowest BCUT2D eigenvalue weighted by Gasteiger charge is -1.85. The Kier molecular flexibility index (Phi) is 1.63. The first-order valence-corrected chi connectivity index (χ1v) is 2.65. The Morgan fingerprint density at radius 2 is 2.67 bits per heavy atom. The SMILES string of the molecule is C/C=C(/F)c1cnc[nH]1. The summed E-state index contributed by atoms with van der Waals surface area (Å²) in [4.78, 5) is 6.29.